The summed E-state index contributed by atoms with van der Waals surface area (Å²) in [4.78, 5) is 28.6. The smallest absolute Gasteiger partial charge is 0.252 e. The first-order valence-corrected chi connectivity index (χ1v) is 11.0. The molecule has 29 heavy (non-hydrogen) atoms. The Morgan fingerprint density at radius 1 is 1.00 bits per heavy atom. The van der Waals surface area contributed by atoms with E-state index < -0.39 is 0 Å². The van der Waals surface area contributed by atoms with Crippen molar-refractivity contribution in [1.29, 1.82) is 0 Å². The van der Waals surface area contributed by atoms with Gasteiger partial charge in [-0.15, -0.1) is 11.3 Å². The third-order valence-corrected chi connectivity index (χ3v) is 6.07. The van der Waals surface area contributed by atoms with E-state index in [2.05, 4.69) is 21.7 Å². The van der Waals surface area contributed by atoms with E-state index in [1.54, 1.807) is 22.8 Å². The van der Waals surface area contributed by atoms with Gasteiger partial charge >= 0.3 is 0 Å². The highest BCUT2D eigenvalue weighted by atomic mass is 32.1. The lowest BCUT2D eigenvalue weighted by Gasteiger charge is -2.07. The minimum Gasteiger partial charge on any atom is -0.351 e. The zero-order valence-corrected chi connectivity index (χ0v) is 17.2. The van der Waals surface area contributed by atoms with Crippen LogP contribution >= 0.6 is 22.7 Å². The second-order valence-corrected chi connectivity index (χ2v) is 8.41. The summed E-state index contributed by atoms with van der Waals surface area (Å²) in [5.41, 5.74) is 3.54. The Kier molecular flexibility index (Phi) is 5.97. The van der Waals surface area contributed by atoms with Crippen molar-refractivity contribution in [3.63, 3.8) is 0 Å². The van der Waals surface area contributed by atoms with Gasteiger partial charge in [0.25, 0.3) is 5.91 Å². The molecular weight excluding hydrogens is 402 g/mol. The van der Waals surface area contributed by atoms with Gasteiger partial charge in [0, 0.05) is 36.0 Å². The van der Waals surface area contributed by atoms with Crippen LogP contribution in [0.1, 0.15) is 27.3 Å². The Balaban J connectivity index is 1.26. The molecule has 2 aromatic carbocycles. The van der Waals surface area contributed by atoms with E-state index in [0.717, 1.165) is 28.2 Å². The minimum absolute atomic E-state index is 0.130. The molecule has 7 heteroatoms. The number of amides is 2. The molecule has 2 aromatic heterocycles. The first kappa shape index (κ1) is 19.3. The number of fused-ring (bicyclic) bond motifs is 1. The average molecular weight is 422 g/mol. The second kappa shape index (κ2) is 8.98. The van der Waals surface area contributed by atoms with Crippen molar-refractivity contribution < 1.29 is 9.59 Å². The quantitative estimate of drug-likeness (QED) is 0.454. The maximum Gasteiger partial charge on any atom is 0.252 e. The summed E-state index contributed by atoms with van der Waals surface area (Å²) in [5, 5.41) is 10.3. The summed E-state index contributed by atoms with van der Waals surface area (Å²) in [7, 11) is 0. The molecule has 5 nitrogen and oxygen atoms in total. The Hall–Kier alpha value is -3.03. The zero-order chi connectivity index (χ0) is 20.1. The summed E-state index contributed by atoms with van der Waals surface area (Å²) in [5.74, 6) is -0.284. The highest BCUT2D eigenvalue weighted by Gasteiger charge is 2.08. The number of carbonyl (C=O) groups is 2. The molecule has 4 aromatic rings. The summed E-state index contributed by atoms with van der Waals surface area (Å²) < 4.78 is 1.19. The van der Waals surface area contributed by atoms with Crippen molar-refractivity contribution in [3.8, 4) is 0 Å². The Labute approximate surface area is 176 Å². The molecule has 0 aliphatic heterocycles. The standard InChI is InChI=1S/C22H19N3O2S2/c26-20(9-11-23-22(27)16-10-12-28-14-16)24-17-7-5-15(6-8-17)13-21-25-18-3-1-2-4-19(18)29-21/h1-8,10,12,14H,9,11,13H2,(H,23,27)(H,24,26). The van der Waals surface area contributed by atoms with Crippen LogP contribution in [-0.4, -0.2) is 23.3 Å². The fourth-order valence-electron chi connectivity index (χ4n) is 2.88. The molecule has 0 bridgehead atoms. The minimum atomic E-state index is -0.154. The number of carbonyl (C=O) groups excluding carboxylic acids is 2. The van der Waals surface area contributed by atoms with E-state index >= 15 is 0 Å². The van der Waals surface area contributed by atoms with E-state index in [0.29, 0.717) is 12.1 Å². The molecule has 0 saturated heterocycles. The molecule has 146 valence electrons. The van der Waals surface area contributed by atoms with Gasteiger partial charge in [-0.05, 0) is 41.3 Å². The van der Waals surface area contributed by atoms with Crippen molar-refractivity contribution in [2.45, 2.75) is 12.8 Å². The normalized spacial score (nSPS) is 10.8. The molecule has 0 aliphatic carbocycles. The van der Waals surface area contributed by atoms with Crippen LogP contribution in [0.25, 0.3) is 10.2 Å². The van der Waals surface area contributed by atoms with Crippen LogP contribution in [-0.2, 0) is 11.2 Å². The van der Waals surface area contributed by atoms with Crippen LogP contribution in [0.5, 0.6) is 0 Å². The Morgan fingerprint density at radius 2 is 1.83 bits per heavy atom. The molecule has 2 heterocycles. The number of hydrogen-bond acceptors (Lipinski definition) is 5. The van der Waals surface area contributed by atoms with Gasteiger partial charge in [0.2, 0.25) is 5.91 Å². The highest BCUT2D eigenvalue weighted by molar-refractivity contribution is 7.18. The third kappa shape index (κ3) is 5.07. The molecule has 4 rings (SSSR count). The maximum atomic E-state index is 12.1. The molecule has 2 amide bonds. The average Bonchev–Trinajstić information content (AvgIpc) is 3.39. The van der Waals surface area contributed by atoms with Crippen molar-refractivity contribution in [2.24, 2.45) is 0 Å². The fraction of sp³-hybridized carbons (Fsp3) is 0.136. The number of thiazole rings is 1. The molecular formula is C22H19N3O2S2. The van der Waals surface area contributed by atoms with Crippen molar-refractivity contribution in [1.82, 2.24) is 10.3 Å². The molecule has 2 N–H and O–H groups in total. The van der Waals surface area contributed by atoms with Crippen LogP contribution < -0.4 is 10.6 Å². The topological polar surface area (TPSA) is 71.1 Å². The van der Waals surface area contributed by atoms with Gasteiger partial charge in [-0.25, -0.2) is 4.98 Å². The Morgan fingerprint density at radius 3 is 2.59 bits per heavy atom. The molecule has 0 aliphatic rings. The van der Waals surface area contributed by atoms with Gasteiger partial charge in [0.05, 0.1) is 15.2 Å². The lowest BCUT2D eigenvalue weighted by atomic mass is 10.1. The monoisotopic (exact) mass is 421 g/mol. The summed E-state index contributed by atoms with van der Waals surface area (Å²) in [6, 6.07) is 17.7. The lowest BCUT2D eigenvalue weighted by molar-refractivity contribution is -0.116. The van der Waals surface area contributed by atoms with E-state index in [-0.39, 0.29) is 18.2 Å². The number of anilines is 1. The van der Waals surface area contributed by atoms with Crippen LogP contribution in [0, 0.1) is 0 Å². The van der Waals surface area contributed by atoms with Crippen LogP contribution in [0.3, 0.4) is 0 Å². The molecule has 0 fully saturated rings. The van der Waals surface area contributed by atoms with Gasteiger partial charge in [-0.1, -0.05) is 24.3 Å². The zero-order valence-electron chi connectivity index (χ0n) is 15.6. The van der Waals surface area contributed by atoms with Crippen molar-refractivity contribution in [3.05, 3.63) is 81.5 Å². The van der Waals surface area contributed by atoms with Crippen LogP contribution in [0.15, 0.2) is 65.4 Å². The predicted octanol–water partition coefficient (Wildman–Crippen LogP) is 4.71. The van der Waals surface area contributed by atoms with Gasteiger partial charge in [0.1, 0.15) is 0 Å². The van der Waals surface area contributed by atoms with Gasteiger partial charge < -0.3 is 10.6 Å². The van der Waals surface area contributed by atoms with E-state index in [1.807, 2.05) is 47.8 Å². The summed E-state index contributed by atoms with van der Waals surface area (Å²) >= 11 is 3.17. The van der Waals surface area contributed by atoms with Crippen LogP contribution in [0.2, 0.25) is 0 Å². The first-order chi connectivity index (χ1) is 14.2. The van der Waals surface area contributed by atoms with Crippen molar-refractivity contribution in [2.75, 3.05) is 11.9 Å². The number of aromatic nitrogens is 1. The lowest BCUT2D eigenvalue weighted by Crippen LogP contribution is -2.27. The van der Waals surface area contributed by atoms with E-state index in [9.17, 15) is 9.59 Å². The maximum absolute atomic E-state index is 12.1. The number of rotatable bonds is 7. The van der Waals surface area contributed by atoms with Gasteiger partial charge in [-0.3, -0.25) is 9.59 Å². The molecule has 0 radical (unpaired) electrons. The molecule has 0 atom stereocenters. The first-order valence-electron chi connectivity index (χ1n) is 9.21. The number of thiophene rings is 1. The highest BCUT2D eigenvalue weighted by Crippen LogP contribution is 2.24. The summed E-state index contributed by atoms with van der Waals surface area (Å²) in [6.45, 7) is 0.302. The third-order valence-electron chi connectivity index (χ3n) is 4.35. The van der Waals surface area contributed by atoms with E-state index in [4.69, 9.17) is 0 Å². The molecule has 0 saturated carbocycles. The molecule has 0 spiro atoms. The summed E-state index contributed by atoms with van der Waals surface area (Å²) in [6.07, 6.45) is 0.992. The number of nitrogens with zero attached hydrogens (tertiary/aromatic N) is 1. The Bertz CT molecular complexity index is 1090. The van der Waals surface area contributed by atoms with E-state index in [1.165, 1.54) is 16.0 Å². The number of nitrogens with one attached hydrogen (secondary N) is 2. The van der Waals surface area contributed by atoms with Crippen molar-refractivity contribution >= 4 is 50.4 Å². The predicted molar refractivity (Wildman–Crippen MR) is 119 cm³/mol. The largest absolute Gasteiger partial charge is 0.351 e. The molecule has 0 unspecified atom stereocenters. The number of para-hydroxylation sites is 1. The number of benzene rings is 2. The van der Waals surface area contributed by atoms with Gasteiger partial charge in [-0.2, -0.15) is 11.3 Å². The fourth-order valence-corrected chi connectivity index (χ4v) is 4.52. The SMILES string of the molecule is O=C(CCNC(=O)c1ccsc1)Nc1ccc(Cc2nc3ccccc3s2)cc1. The van der Waals surface area contributed by atoms with Crippen LogP contribution in [0.4, 0.5) is 5.69 Å². The number of hydrogen-bond donors (Lipinski definition) is 2. The second-order valence-electron chi connectivity index (χ2n) is 6.52. The van der Waals surface area contributed by atoms with Gasteiger partial charge in [0.15, 0.2) is 0 Å².